The van der Waals surface area contributed by atoms with Crippen LogP contribution in [-0.2, 0) is 0 Å². The Morgan fingerprint density at radius 1 is 1.22 bits per heavy atom. The first-order chi connectivity index (χ1) is 8.71. The monoisotopic (exact) mass is 248 g/mol. The van der Waals surface area contributed by atoms with Crippen LogP contribution >= 0.6 is 0 Å². The van der Waals surface area contributed by atoms with Crippen LogP contribution < -0.4 is 9.47 Å². The van der Waals surface area contributed by atoms with Crippen molar-refractivity contribution in [3.8, 4) is 23.3 Å². The molecule has 0 bridgehead atoms. The van der Waals surface area contributed by atoms with Gasteiger partial charge in [-0.1, -0.05) is 31.6 Å². The van der Waals surface area contributed by atoms with Crippen LogP contribution in [0, 0.1) is 11.8 Å². The summed E-state index contributed by atoms with van der Waals surface area (Å²) < 4.78 is 10.3. The molecule has 0 spiro atoms. The van der Waals surface area contributed by atoms with Crippen LogP contribution in [0.3, 0.4) is 0 Å². The SMILES string of the molecule is CCCCC(O)C#Cc1ccc(OC)c(OC)c1. The maximum Gasteiger partial charge on any atom is 0.161 e. The zero-order chi connectivity index (χ0) is 13.4. The molecule has 0 saturated carbocycles. The maximum atomic E-state index is 9.64. The van der Waals surface area contributed by atoms with Gasteiger partial charge in [-0.15, -0.1) is 0 Å². The highest BCUT2D eigenvalue weighted by atomic mass is 16.5. The number of hydrogen-bond donors (Lipinski definition) is 1. The highest BCUT2D eigenvalue weighted by Gasteiger charge is 2.03. The summed E-state index contributed by atoms with van der Waals surface area (Å²) in [6.07, 6.45) is 2.21. The largest absolute Gasteiger partial charge is 0.493 e. The molecule has 1 N–H and O–H groups in total. The van der Waals surface area contributed by atoms with Crippen molar-refractivity contribution in [1.29, 1.82) is 0 Å². The van der Waals surface area contributed by atoms with Crippen LogP contribution in [0.4, 0.5) is 0 Å². The normalized spacial score (nSPS) is 11.3. The zero-order valence-electron chi connectivity index (χ0n) is 11.2. The Kier molecular flexibility index (Phi) is 6.10. The highest BCUT2D eigenvalue weighted by Crippen LogP contribution is 2.27. The highest BCUT2D eigenvalue weighted by molar-refractivity contribution is 5.48. The molecule has 0 aliphatic heterocycles. The van der Waals surface area contributed by atoms with Crippen molar-refractivity contribution in [2.75, 3.05) is 14.2 Å². The molecule has 0 aliphatic rings. The summed E-state index contributed by atoms with van der Waals surface area (Å²) in [4.78, 5) is 0. The van der Waals surface area contributed by atoms with Crippen molar-refractivity contribution < 1.29 is 14.6 Å². The van der Waals surface area contributed by atoms with Gasteiger partial charge in [0.1, 0.15) is 6.10 Å². The average Bonchev–Trinajstić information content (AvgIpc) is 2.42. The van der Waals surface area contributed by atoms with E-state index in [-0.39, 0.29) is 0 Å². The summed E-state index contributed by atoms with van der Waals surface area (Å²) in [7, 11) is 3.18. The fraction of sp³-hybridized carbons (Fsp3) is 0.467. The molecule has 1 atom stereocenters. The zero-order valence-corrected chi connectivity index (χ0v) is 11.2. The molecule has 18 heavy (non-hydrogen) atoms. The molecule has 0 aromatic heterocycles. The van der Waals surface area contributed by atoms with Gasteiger partial charge < -0.3 is 14.6 Å². The van der Waals surface area contributed by atoms with Crippen LogP contribution in [-0.4, -0.2) is 25.4 Å². The molecule has 0 radical (unpaired) electrons. The van der Waals surface area contributed by atoms with E-state index in [0.717, 1.165) is 24.8 Å². The first-order valence-electron chi connectivity index (χ1n) is 6.13. The minimum absolute atomic E-state index is 0.557. The maximum absolute atomic E-state index is 9.64. The topological polar surface area (TPSA) is 38.7 Å². The second-order valence-electron chi connectivity index (χ2n) is 4.00. The lowest BCUT2D eigenvalue weighted by Gasteiger charge is -2.07. The number of rotatable bonds is 5. The Labute approximate surface area is 109 Å². The number of methoxy groups -OCH3 is 2. The van der Waals surface area contributed by atoms with Crippen molar-refractivity contribution in [3.05, 3.63) is 23.8 Å². The van der Waals surface area contributed by atoms with E-state index in [1.54, 1.807) is 26.4 Å². The van der Waals surface area contributed by atoms with E-state index in [1.807, 2.05) is 6.07 Å². The molecule has 1 aromatic rings. The van der Waals surface area contributed by atoms with Gasteiger partial charge in [-0.25, -0.2) is 0 Å². The van der Waals surface area contributed by atoms with E-state index in [2.05, 4.69) is 18.8 Å². The van der Waals surface area contributed by atoms with Gasteiger partial charge in [-0.05, 0) is 24.6 Å². The average molecular weight is 248 g/mol. The number of aliphatic hydroxyl groups is 1. The molecule has 0 fully saturated rings. The van der Waals surface area contributed by atoms with E-state index in [9.17, 15) is 5.11 Å². The molecular formula is C15H20O3. The van der Waals surface area contributed by atoms with E-state index in [4.69, 9.17) is 9.47 Å². The predicted octanol–water partition coefficient (Wildman–Crippen LogP) is 2.61. The van der Waals surface area contributed by atoms with Gasteiger partial charge in [0.15, 0.2) is 11.5 Å². The molecule has 0 amide bonds. The second kappa shape index (κ2) is 7.62. The summed E-state index contributed by atoms with van der Waals surface area (Å²) >= 11 is 0. The Hall–Kier alpha value is -1.66. The van der Waals surface area contributed by atoms with Crippen molar-refractivity contribution >= 4 is 0 Å². The van der Waals surface area contributed by atoms with Crippen molar-refractivity contribution in [3.63, 3.8) is 0 Å². The summed E-state index contributed by atoms with van der Waals surface area (Å²) in [5.41, 5.74) is 0.809. The molecular weight excluding hydrogens is 228 g/mol. The lowest BCUT2D eigenvalue weighted by atomic mass is 10.1. The van der Waals surface area contributed by atoms with Gasteiger partial charge in [0.2, 0.25) is 0 Å². The predicted molar refractivity (Wildman–Crippen MR) is 72.0 cm³/mol. The third-order valence-electron chi connectivity index (χ3n) is 2.60. The van der Waals surface area contributed by atoms with E-state index >= 15 is 0 Å². The van der Waals surface area contributed by atoms with Crippen LogP contribution in [0.5, 0.6) is 11.5 Å². The molecule has 0 aliphatic carbocycles. The van der Waals surface area contributed by atoms with Gasteiger partial charge in [0.05, 0.1) is 14.2 Å². The van der Waals surface area contributed by atoms with Gasteiger partial charge in [0, 0.05) is 5.56 Å². The minimum atomic E-state index is -0.557. The summed E-state index contributed by atoms with van der Waals surface area (Å²) in [6, 6.07) is 5.46. The lowest BCUT2D eigenvalue weighted by Crippen LogP contribution is -2.01. The second-order valence-corrected chi connectivity index (χ2v) is 4.00. The molecule has 1 unspecified atom stereocenters. The number of unbranched alkanes of at least 4 members (excludes halogenated alkanes) is 1. The summed E-state index contributed by atoms with van der Waals surface area (Å²) in [5, 5.41) is 9.64. The van der Waals surface area contributed by atoms with Crippen LogP contribution in [0.2, 0.25) is 0 Å². The third-order valence-corrected chi connectivity index (χ3v) is 2.60. The Balaban J connectivity index is 2.76. The summed E-state index contributed by atoms with van der Waals surface area (Å²) in [6.45, 7) is 2.09. The Bertz CT molecular complexity index is 429. The smallest absolute Gasteiger partial charge is 0.161 e. The van der Waals surface area contributed by atoms with Crippen LogP contribution in [0.1, 0.15) is 31.7 Å². The van der Waals surface area contributed by atoms with Gasteiger partial charge in [0.25, 0.3) is 0 Å². The lowest BCUT2D eigenvalue weighted by molar-refractivity contribution is 0.218. The minimum Gasteiger partial charge on any atom is -0.493 e. The van der Waals surface area contributed by atoms with Crippen molar-refractivity contribution in [2.24, 2.45) is 0 Å². The van der Waals surface area contributed by atoms with Crippen LogP contribution in [0.25, 0.3) is 0 Å². The van der Waals surface area contributed by atoms with Crippen LogP contribution in [0.15, 0.2) is 18.2 Å². The first kappa shape index (κ1) is 14.4. The molecule has 0 heterocycles. The fourth-order valence-electron chi connectivity index (χ4n) is 1.55. The number of ether oxygens (including phenoxy) is 2. The quantitative estimate of drug-likeness (QED) is 0.814. The fourth-order valence-corrected chi connectivity index (χ4v) is 1.55. The Morgan fingerprint density at radius 2 is 1.94 bits per heavy atom. The van der Waals surface area contributed by atoms with E-state index in [1.165, 1.54) is 0 Å². The standard InChI is InChI=1S/C15H20O3/c1-4-5-6-13(16)9-7-12-8-10-14(17-2)15(11-12)18-3/h8,10-11,13,16H,4-6H2,1-3H3. The van der Waals surface area contributed by atoms with Gasteiger partial charge in [-0.3, -0.25) is 0 Å². The van der Waals surface area contributed by atoms with E-state index in [0.29, 0.717) is 11.5 Å². The van der Waals surface area contributed by atoms with Gasteiger partial charge in [-0.2, -0.15) is 0 Å². The number of hydrogen-bond acceptors (Lipinski definition) is 3. The van der Waals surface area contributed by atoms with Crippen molar-refractivity contribution in [1.82, 2.24) is 0 Å². The number of benzene rings is 1. The Morgan fingerprint density at radius 3 is 2.56 bits per heavy atom. The molecule has 3 nitrogen and oxygen atoms in total. The molecule has 3 heteroatoms. The molecule has 98 valence electrons. The first-order valence-corrected chi connectivity index (χ1v) is 6.13. The van der Waals surface area contributed by atoms with Crippen molar-refractivity contribution in [2.45, 2.75) is 32.3 Å². The number of aliphatic hydroxyl groups excluding tert-OH is 1. The van der Waals surface area contributed by atoms with Gasteiger partial charge >= 0.3 is 0 Å². The molecule has 1 aromatic carbocycles. The molecule has 0 saturated heterocycles. The summed E-state index contributed by atoms with van der Waals surface area (Å²) in [5.74, 6) is 7.10. The van der Waals surface area contributed by atoms with E-state index < -0.39 is 6.10 Å². The molecule has 1 rings (SSSR count). The third kappa shape index (κ3) is 4.31.